The van der Waals surface area contributed by atoms with Crippen LogP contribution in [0, 0.1) is 12.8 Å². The Bertz CT molecular complexity index is 536. The predicted molar refractivity (Wildman–Crippen MR) is 57.8 cm³/mol. The second kappa shape index (κ2) is 4.11. The molecule has 0 aliphatic carbocycles. The van der Waals surface area contributed by atoms with Crippen LogP contribution in [-0.4, -0.2) is 47.1 Å². The number of aliphatic carboxylic acids is 1. The lowest BCUT2D eigenvalue weighted by Gasteiger charge is -2.14. The zero-order chi connectivity index (χ0) is 12.6. The number of carboxylic acids is 1. The highest BCUT2D eigenvalue weighted by Gasteiger charge is 2.36. The van der Waals surface area contributed by atoms with E-state index in [0.717, 1.165) is 0 Å². The summed E-state index contributed by atoms with van der Waals surface area (Å²) < 4.78 is 25.5. The molecule has 2 heterocycles. The number of carboxylic acid groups (broad SMARTS) is 1. The summed E-state index contributed by atoms with van der Waals surface area (Å²) >= 11 is 0. The largest absolute Gasteiger partial charge is 0.481 e. The molecule has 0 saturated carbocycles. The van der Waals surface area contributed by atoms with Crippen LogP contribution in [0.1, 0.15) is 12.1 Å². The van der Waals surface area contributed by atoms with Crippen LogP contribution < -0.4 is 0 Å². The molecule has 0 spiro atoms. The third-order valence-electron chi connectivity index (χ3n) is 2.90. The first-order valence-electron chi connectivity index (χ1n) is 5.16. The molecule has 1 aliphatic rings. The van der Waals surface area contributed by atoms with Crippen molar-refractivity contribution >= 4 is 16.0 Å². The highest BCUT2D eigenvalue weighted by Crippen LogP contribution is 2.25. The average molecular weight is 259 g/mol. The molecule has 2 rings (SSSR count). The maximum atomic E-state index is 12.2. The van der Waals surface area contributed by atoms with Crippen molar-refractivity contribution < 1.29 is 18.3 Å². The van der Waals surface area contributed by atoms with Crippen LogP contribution in [0.15, 0.2) is 11.1 Å². The number of carbonyl (C=O) groups is 1. The third-order valence-corrected chi connectivity index (χ3v) is 4.88. The maximum Gasteiger partial charge on any atom is 0.307 e. The molecule has 1 unspecified atom stereocenters. The minimum atomic E-state index is -3.62. The van der Waals surface area contributed by atoms with Crippen LogP contribution in [0.4, 0.5) is 0 Å². The van der Waals surface area contributed by atoms with Gasteiger partial charge in [0.15, 0.2) is 0 Å². The highest BCUT2D eigenvalue weighted by atomic mass is 32.2. The molecule has 7 nitrogen and oxygen atoms in total. The Balaban J connectivity index is 2.25. The zero-order valence-corrected chi connectivity index (χ0v) is 10.1. The summed E-state index contributed by atoms with van der Waals surface area (Å²) in [6.07, 6.45) is 1.60. The zero-order valence-electron chi connectivity index (χ0n) is 9.25. The number of sulfonamides is 1. The topological polar surface area (TPSA) is 103 Å². The molecule has 17 heavy (non-hydrogen) atoms. The van der Waals surface area contributed by atoms with Crippen molar-refractivity contribution in [1.82, 2.24) is 14.5 Å². The van der Waals surface area contributed by atoms with Crippen molar-refractivity contribution in [2.75, 3.05) is 13.1 Å². The molecular formula is C9H13N3O4S. The molecule has 1 atom stereocenters. The minimum absolute atomic E-state index is 0.0300. The second-order valence-electron chi connectivity index (χ2n) is 4.05. The molecule has 0 radical (unpaired) electrons. The first-order valence-corrected chi connectivity index (χ1v) is 6.60. The molecule has 0 aromatic carbocycles. The normalized spacial score (nSPS) is 21.8. The Morgan fingerprint density at radius 2 is 2.35 bits per heavy atom. The molecule has 1 aromatic rings. The summed E-state index contributed by atoms with van der Waals surface area (Å²) in [6.45, 7) is 1.89. The van der Waals surface area contributed by atoms with Crippen molar-refractivity contribution in [3.63, 3.8) is 0 Å². The predicted octanol–water partition coefficient (Wildman–Crippen LogP) is -0.187. The lowest BCUT2D eigenvalue weighted by Crippen LogP contribution is -2.30. The van der Waals surface area contributed by atoms with Crippen molar-refractivity contribution in [2.24, 2.45) is 5.92 Å². The molecule has 94 valence electrons. The maximum absolute atomic E-state index is 12.2. The van der Waals surface area contributed by atoms with Gasteiger partial charge in [0, 0.05) is 13.1 Å². The number of nitrogens with one attached hydrogen (secondary N) is 1. The van der Waals surface area contributed by atoms with Gasteiger partial charge in [-0.1, -0.05) is 0 Å². The lowest BCUT2D eigenvalue weighted by molar-refractivity contribution is -0.141. The Morgan fingerprint density at radius 3 is 2.82 bits per heavy atom. The Kier molecular flexibility index (Phi) is 2.92. The fraction of sp³-hybridized carbons (Fsp3) is 0.556. The summed E-state index contributed by atoms with van der Waals surface area (Å²) in [5.74, 6) is -1.57. The Hall–Kier alpha value is -1.41. The van der Waals surface area contributed by atoms with Gasteiger partial charge in [0.25, 0.3) is 0 Å². The minimum Gasteiger partial charge on any atom is -0.481 e. The lowest BCUT2D eigenvalue weighted by atomic mass is 10.1. The number of hydrogen-bond acceptors (Lipinski definition) is 4. The average Bonchev–Trinajstić information content (AvgIpc) is 2.84. The third kappa shape index (κ3) is 2.05. The number of aromatic nitrogens is 2. The van der Waals surface area contributed by atoms with Gasteiger partial charge in [-0.2, -0.15) is 9.40 Å². The van der Waals surface area contributed by atoms with Crippen molar-refractivity contribution in [3.8, 4) is 0 Å². The molecule has 0 amide bonds. The van der Waals surface area contributed by atoms with Gasteiger partial charge in [-0.15, -0.1) is 0 Å². The Morgan fingerprint density at radius 1 is 1.65 bits per heavy atom. The van der Waals surface area contributed by atoms with Crippen molar-refractivity contribution in [2.45, 2.75) is 18.2 Å². The smallest absolute Gasteiger partial charge is 0.307 e. The molecule has 1 aliphatic heterocycles. The van der Waals surface area contributed by atoms with E-state index in [9.17, 15) is 13.2 Å². The van der Waals surface area contributed by atoms with Gasteiger partial charge < -0.3 is 5.11 Å². The molecule has 0 bridgehead atoms. The van der Waals surface area contributed by atoms with E-state index in [1.807, 2.05) is 0 Å². The quantitative estimate of drug-likeness (QED) is 0.783. The van der Waals surface area contributed by atoms with Gasteiger partial charge in [0.05, 0.1) is 17.8 Å². The molecule has 2 N–H and O–H groups in total. The summed E-state index contributed by atoms with van der Waals surface area (Å²) in [5.41, 5.74) is 0.462. The first-order chi connectivity index (χ1) is 7.93. The fourth-order valence-corrected chi connectivity index (χ4v) is 3.51. The molecule has 1 fully saturated rings. The summed E-state index contributed by atoms with van der Waals surface area (Å²) in [4.78, 5) is 10.9. The van der Waals surface area contributed by atoms with E-state index in [1.165, 1.54) is 10.5 Å². The number of nitrogens with zero attached hydrogens (tertiary/aromatic N) is 2. The first kappa shape index (κ1) is 12.1. The number of hydrogen-bond donors (Lipinski definition) is 2. The number of aryl methyl sites for hydroxylation is 1. The van der Waals surface area contributed by atoms with Crippen molar-refractivity contribution in [1.29, 1.82) is 0 Å². The summed E-state index contributed by atoms with van der Waals surface area (Å²) in [7, 11) is -3.62. The van der Waals surface area contributed by atoms with Crippen molar-refractivity contribution in [3.05, 3.63) is 11.9 Å². The van der Waals surface area contributed by atoms with Gasteiger partial charge in [0.2, 0.25) is 10.0 Å². The van der Waals surface area contributed by atoms with E-state index < -0.39 is 21.9 Å². The number of H-pyrrole nitrogens is 1. The van der Waals surface area contributed by atoms with Gasteiger partial charge >= 0.3 is 5.97 Å². The molecule has 1 saturated heterocycles. The van der Waals surface area contributed by atoms with Gasteiger partial charge in [0.1, 0.15) is 4.90 Å². The van der Waals surface area contributed by atoms with Gasteiger partial charge in [-0.05, 0) is 13.3 Å². The van der Waals surface area contributed by atoms with E-state index in [2.05, 4.69) is 10.2 Å². The van der Waals surface area contributed by atoms with E-state index >= 15 is 0 Å². The Labute approximate surface area is 98.5 Å². The molecular weight excluding hydrogens is 246 g/mol. The van der Waals surface area contributed by atoms with Gasteiger partial charge in [-0.25, -0.2) is 8.42 Å². The standard InChI is InChI=1S/C9H13N3O4S/c1-6-8(4-10-11-6)17(15,16)12-3-2-7(5-12)9(13)14/h4,7H,2-3,5H2,1H3,(H,10,11)(H,13,14). The van der Waals surface area contributed by atoms with Crippen LogP contribution in [0.3, 0.4) is 0 Å². The monoisotopic (exact) mass is 259 g/mol. The van der Waals surface area contributed by atoms with Crippen LogP contribution in [0.2, 0.25) is 0 Å². The molecule has 8 heteroatoms. The van der Waals surface area contributed by atoms with Crippen LogP contribution >= 0.6 is 0 Å². The van der Waals surface area contributed by atoms with Crippen LogP contribution in [0.25, 0.3) is 0 Å². The fourth-order valence-electron chi connectivity index (χ4n) is 1.89. The van der Waals surface area contributed by atoms with E-state index in [4.69, 9.17) is 5.11 Å². The van der Waals surface area contributed by atoms with Gasteiger partial charge in [-0.3, -0.25) is 9.89 Å². The molecule has 1 aromatic heterocycles. The van der Waals surface area contributed by atoms with E-state index in [-0.39, 0.29) is 18.0 Å². The highest BCUT2D eigenvalue weighted by molar-refractivity contribution is 7.89. The van der Waals surface area contributed by atoms with Crippen LogP contribution in [0.5, 0.6) is 0 Å². The summed E-state index contributed by atoms with van der Waals surface area (Å²) in [6, 6.07) is 0. The second-order valence-corrected chi connectivity index (χ2v) is 5.95. The van der Waals surface area contributed by atoms with E-state index in [0.29, 0.717) is 12.1 Å². The number of aromatic amines is 1. The van der Waals surface area contributed by atoms with Crippen LogP contribution in [-0.2, 0) is 14.8 Å². The number of rotatable bonds is 3. The summed E-state index contributed by atoms with van der Waals surface area (Å²) in [5, 5.41) is 15.1. The SMILES string of the molecule is Cc1[nH]ncc1S(=O)(=O)N1CCC(C(=O)O)C1. The van der Waals surface area contributed by atoms with E-state index in [1.54, 1.807) is 6.92 Å².